The van der Waals surface area contributed by atoms with Crippen LogP contribution in [0.1, 0.15) is 61.3 Å². The summed E-state index contributed by atoms with van der Waals surface area (Å²) in [6, 6.07) is 16.3. The Balaban J connectivity index is 1.64. The maximum absolute atomic E-state index is 13.0. The van der Waals surface area contributed by atoms with Crippen LogP contribution in [0.15, 0.2) is 89.5 Å². The number of hydrogen-bond donors (Lipinski definition) is 1. The average Bonchev–Trinajstić information content (AvgIpc) is 3.71. The Morgan fingerprint density at radius 2 is 1.28 bits per heavy atom. The second kappa shape index (κ2) is 34.9. The van der Waals surface area contributed by atoms with E-state index in [2.05, 4.69) is 11.0 Å². The largest absolute Gasteiger partial charge is 0.593 e. The van der Waals surface area contributed by atoms with E-state index < -0.39 is 31.6 Å². The van der Waals surface area contributed by atoms with Crippen molar-refractivity contribution < 1.29 is 82.8 Å². The van der Waals surface area contributed by atoms with Crippen molar-refractivity contribution in [3.8, 4) is 11.5 Å². The van der Waals surface area contributed by atoms with E-state index in [-0.39, 0.29) is 36.5 Å². The van der Waals surface area contributed by atoms with Gasteiger partial charge in [0.1, 0.15) is 5.75 Å². The average molecular weight is 1140 g/mol. The van der Waals surface area contributed by atoms with E-state index >= 15 is 0 Å². The molecule has 0 fully saturated rings. The smallest absolute Gasteiger partial charge is 0.303 e. The number of rotatable bonds is 42. The number of aliphatic carboxylic acids is 1. The Labute approximate surface area is 462 Å². The zero-order valence-corrected chi connectivity index (χ0v) is 48.1. The molecule has 0 aromatic heterocycles. The van der Waals surface area contributed by atoms with Crippen LogP contribution in [0.5, 0.6) is 11.5 Å². The number of benzene rings is 3. The molecule has 3 aromatic rings. The topological polar surface area (TPSA) is 236 Å². The SMILES string of the molecule is COCCOCCOCCOCCN(CCOCCOCCOCCOC)c1ccc(/C(=C\C/C=C/C=C2/N(CCCS(=O)(=O)OC)c3ccc(S(=O)(=O)OC)cc3C2(C)CCCC(=O)O)c2ccc(OC)cc2C)c([OH2+])c1. The Kier molecular flexibility index (Phi) is 29.4. The summed E-state index contributed by atoms with van der Waals surface area (Å²) in [5.74, 6) is -0.220. The zero-order chi connectivity index (χ0) is 56.8. The van der Waals surface area contributed by atoms with Gasteiger partial charge in [0.05, 0.1) is 136 Å². The molecule has 3 aromatic carbocycles. The van der Waals surface area contributed by atoms with E-state index in [1.54, 1.807) is 33.5 Å². The molecule has 4 rings (SSSR count). The van der Waals surface area contributed by atoms with Gasteiger partial charge in [-0.1, -0.05) is 24.3 Å². The van der Waals surface area contributed by atoms with E-state index in [1.165, 1.54) is 6.07 Å². The molecule has 0 aliphatic carbocycles. The number of anilines is 2. The molecule has 0 amide bonds. The molecule has 20 nitrogen and oxygen atoms in total. The third-order valence-electron chi connectivity index (χ3n) is 12.9. The number of carbonyl (C=O) groups is 1. The molecule has 0 spiro atoms. The van der Waals surface area contributed by atoms with Crippen molar-refractivity contribution >= 4 is 43.2 Å². The summed E-state index contributed by atoms with van der Waals surface area (Å²) >= 11 is 0. The van der Waals surface area contributed by atoms with Gasteiger partial charge in [0.15, 0.2) is 0 Å². The number of carboxylic acid groups (broad SMARTS) is 1. The van der Waals surface area contributed by atoms with Crippen LogP contribution in [0.3, 0.4) is 0 Å². The van der Waals surface area contributed by atoms with Crippen LogP contribution >= 0.6 is 0 Å². The quantitative estimate of drug-likeness (QED) is 0.0356. The summed E-state index contributed by atoms with van der Waals surface area (Å²) in [5, 5.41) is 19.1. The molecule has 1 unspecified atom stereocenters. The fraction of sp³-hybridized carbons (Fsp3) is 0.554. The second-order valence-electron chi connectivity index (χ2n) is 18.2. The van der Waals surface area contributed by atoms with Gasteiger partial charge in [-0.25, -0.2) is 0 Å². The van der Waals surface area contributed by atoms with Crippen LogP contribution in [0, 0.1) is 6.92 Å². The number of fused-ring (bicyclic) bond motifs is 1. The first-order valence-corrected chi connectivity index (χ1v) is 29.0. The second-order valence-corrected chi connectivity index (χ2v) is 21.8. The number of carboxylic acids is 1. The molecule has 0 saturated heterocycles. The highest BCUT2D eigenvalue weighted by atomic mass is 32.2. The Hall–Kier alpha value is -4.95. The highest BCUT2D eigenvalue weighted by Gasteiger charge is 2.44. The first-order chi connectivity index (χ1) is 37.5. The highest BCUT2D eigenvalue weighted by Crippen LogP contribution is 2.51. The summed E-state index contributed by atoms with van der Waals surface area (Å²) in [4.78, 5) is 15.8. The molecule has 436 valence electrons. The van der Waals surface area contributed by atoms with E-state index in [0.717, 1.165) is 42.3 Å². The minimum absolute atomic E-state index is 0.0571. The first-order valence-electron chi connectivity index (χ1n) is 26.1. The normalized spacial score (nSPS) is 15.4. The lowest BCUT2D eigenvalue weighted by atomic mass is 9.77. The maximum Gasteiger partial charge on any atom is 0.303 e. The Morgan fingerprint density at radius 3 is 1.81 bits per heavy atom. The van der Waals surface area contributed by atoms with E-state index in [4.69, 9.17) is 51.0 Å². The molecule has 1 atom stereocenters. The van der Waals surface area contributed by atoms with Crippen LogP contribution in [0.4, 0.5) is 11.4 Å². The lowest BCUT2D eigenvalue weighted by molar-refractivity contribution is -0.137. The molecule has 22 heteroatoms. The standard InChI is InChI=1S/C56H82N2O18S2/c1-44-41-46(68-5)17-20-48(44)49(50-19-16-45(42-53(50)59)57(24-26-71-32-34-75-38-36-73-30-28-66-3)25-27-72-33-35-76-39-37-74-31-29-67-4)13-9-8-10-14-54-56(2,22-11-15-55(60)61)51-43-47(78(64,65)70-7)18-21-52(51)58(54)23-12-40-77(62,63)69-6/h8,10,13-14,16-21,41-43,59H,9,11-12,15,22-40H2,1-7H3,(H,60,61)/p+1/b10-8+,49-13-,54-14+. The number of allylic oxidation sites excluding steroid dienone is 5. The lowest BCUT2D eigenvalue weighted by Gasteiger charge is -2.30. The summed E-state index contributed by atoms with van der Waals surface area (Å²) in [6.07, 6.45) is 8.95. The van der Waals surface area contributed by atoms with E-state index in [9.17, 15) is 31.8 Å². The first kappa shape index (κ1) is 65.6. The third kappa shape index (κ3) is 21.3. The predicted octanol–water partition coefficient (Wildman–Crippen LogP) is 6.64. The van der Waals surface area contributed by atoms with Gasteiger partial charge in [-0.05, 0) is 110 Å². The molecule has 3 N–H and O–H groups in total. The van der Waals surface area contributed by atoms with Gasteiger partial charge in [0.25, 0.3) is 26.0 Å². The van der Waals surface area contributed by atoms with Gasteiger partial charge in [-0.2, -0.15) is 16.8 Å². The van der Waals surface area contributed by atoms with E-state index in [0.29, 0.717) is 147 Å². The van der Waals surface area contributed by atoms with Crippen molar-refractivity contribution in [2.75, 3.05) is 163 Å². The van der Waals surface area contributed by atoms with Crippen LogP contribution in [0.25, 0.3) is 5.57 Å². The van der Waals surface area contributed by atoms with Crippen molar-refractivity contribution in [2.24, 2.45) is 0 Å². The summed E-state index contributed by atoms with van der Waals surface area (Å²) < 4.78 is 110. The molecular formula is C56H83N2O18S2+. The minimum Gasteiger partial charge on any atom is -0.593 e. The number of methoxy groups -OCH3 is 3. The monoisotopic (exact) mass is 1140 g/mol. The summed E-state index contributed by atoms with van der Waals surface area (Å²) in [5.41, 5.74) is 5.37. The number of ether oxygens (including phenoxy) is 9. The summed E-state index contributed by atoms with van der Waals surface area (Å²) in [6.45, 7) is 11.6. The Bertz CT molecular complexity index is 2580. The van der Waals surface area contributed by atoms with Crippen LogP contribution < -0.4 is 14.5 Å². The van der Waals surface area contributed by atoms with Crippen LogP contribution in [0.2, 0.25) is 0 Å². The summed E-state index contributed by atoms with van der Waals surface area (Å²) in [7, 11) is -0.814. The molecule has 0 saturated carbocycles. The highest BCUT2D eigenvalue weighted by molar-refractivity contribution is 7.87. The van der Waals surface area contributed by atoms with Crippen molar-refractivity contribution in [2.45, 2.75) is 56.3 Å². The third-order valence-corrected chi connectivity index (χ3v) is 15.5. The van der Waals surface area contributed by atoms with Crippen molar-refractivity contribution in [1.29, 1.82) is 0 Å². The molecule has 0 bridgehead atoms. The molecule has 1 aliphatic rings. The van der Waals surface area contributed by atoms with Crippen molar-refractivity contribution in [1.82, 2.24) is 0 Å². The molecule has 78 heavy (non-hydrogen) atoms. The van der Waals surface area contributed by atoms with Gasteiger partial charge < -0.3 is 62.6 Å². The lowest BCUT2D eigenvalue weighted by Crippen LogP contribution is -2.31. The number of nitrogens with zero attached hydrogens (tertiary/aromatic N) is 2. The van der Waals surface area contributed by atoms with Crippen LogP contribution in [-0.2, 0) is 76.7 Å². The van der Waals surface area contributed by atoms with E-state index in [1.807, 2.05) is 73.4 Å². The molecule has 0 radical (unpaired) electrons. The van der Waals surface area contributed by atoms with Crippen molar-refractivity contribution in [3.63, 3.8) is 0 Å². The van der Waals surface area contributed by atoms with Gasteiger partial charge in [0, 0.05) is 62.8 Å². The molecule has 1 aliphatic heterocycles. The number of hydrogen-bond acceptors (Lipinski definition) is 18. The Morgan fingerprint density at radius 1 is 0.705 bits per heavy atom. The maximum atomic E-state index is 13.0. The minimum atomic E-state index is -4.10. The predicted molar refractivity (Wildman–Crippen MR) is 299 cm³/mol. The van der Waals surface area contributed by atoms with Crippen LogP contribution in [-0.4, -0.2) is 186 Å². The fourth-order valence-corrected chi connectivity index (χ4v) is 10.1. The molecule has 1 heterocycles. The molecular weight excluding hydrogens is 1050 g/mol. The zero-order valence-electron chi connectivity index (χ0n) is 46.5. The van der Waals surface area contributed by atoms with Gasteiger partial charge in [0.2, 0.25) is 0 Å². The van der Waals surface area contributed by atoms with Crippen molar-refractivity contribution in [3.05, 3.63) is 107 Å². The van der Waals surface area contributed by atoms with Gasteiger partial charge in [-0.3, -0.25) is 13.2 Å². The van der Waals surface area contributed by atoms with Gasteiger partial charge in [-0.15, -0.1) is 0 Å². The number of aryl methyl sites for hydroxylation is 1. The van der Waals surface area contributed by atoms with Gasteiger partial charge >= 0.3 is 5.97 Å². The fourth-order valence-electron chi connectivity index (χ4n) is 8.77.